The number of likely N-dealkylation sites (tertiary alicyclic amines) is 1. The lowest BCUT2D eigenvalue weighted by molar-refractivity contribution is 0.263. The van der Waals surface area contributed by atoms with Gasteiger partial charge in [-0.3, -0.25) is 0 Å². The van der Waals surface area contributed by atoms with Crippen LogP contribution < -0.4 is 16.6 Å². The second-order valence-corrected chi connectivity index (χ2v) is 5.00. The van der Waals surface area contributed by atoms with Gasteiger partial charge in [-0.25, -0.2) is 15.8 Å². The highest BCUT2D eigenvalue weighted by atomic mass is 15.3. The third kappa shape index (κ3) is 2.47. The molecule has 102 valence electrons. The summed E-state index contributed by atoms with van der Waals surface area (Å²) in [5.41, 5.74) is 3.42. The molecule has 1 aliphatic heterocycles. The van der Waals surface area contributed by atoms with Gasteiger partial charge in [-0.1, -0.05) is 0 Å². The van der Waals surface area contributed by atoms with Crippen molar-refractivity contribution in [3.63, 3.8) is 0 Å². The Morgan fingerprint density at radius 3 is 2.89 bits per heavy atom. The van der Waals surface area contributed by atoms with Gasteiger partial charge in [0.1, 0.15) is 0 Å². The van der Waals surface area contributed by atoms with Gasteiger partial charge in [0.2, 0.25) is 0 Å². The fourth-order valence-electron chi connectivity index (χ4n) is 2.44. The van der Waals surface area contributed by atoms with Gasteiger partial charge in [0, 0.05) is 18.4 Å². The number of nitrogens with two attached hydrogens (primary N) is 1. The molecule has 1 aliphatic rings. The molecule has 1 fully saturated rings. The van der Waals surface area contributed by atoms with Crippen LogP contribution in [0.1, 0.15) is 12.8 Å². The summed E-state index contributed by atoms with van der Waals surface area (Å²) < 4.78 is 1.92. The average Bonchev–Trinajstić information content (AvgIpc) is 2.89. The first-order valence-corrected chi connectivity index (χ1v) is 6.51. The number of hydrogen-bond donors (Lipinski definition) is 3. The van der Waals surface area contributed by atoms with Crippen LogP contribution in [0.5, 0.6) is 0 Å². The minimum Gasteiger partial charge on any atom is -0.364 e. The Morgan fingerprint density at radius 2 is 2.16 bits per heavy atom. The highest BCUT2D eigenvalue weighted by Crippen LogP contribution is 2.19. The van der Waals surface area contributed by atoms with Crippen LogP contribution in [0.15, 0.2) is 18.6 Å². The number of rotatable bonds is 3. The summed E-state index contributed by atoms with van der Waals surface area (Å²) in [4.78, 5) is 11.1. The average molecular weight is 261 g/mol. The summed E-state index contributed by atoms with van der Waals surface area (Å²) in [6, 6.07) is 0.442. The molecule has 2 aromatic heterocycles. The maximum atomic E-state index is 5.45. The molecular formula is C12H19N7. The molecule has 7 heteroatoms. The largest absolute Gasteiger partial charge is 0.364 e. The van der Waals surface area contributed by atoms with Gasteiger partial charge < -0.3 is 20.0 Å². The van der Waals surface area contributed by atoms with Crippen molar-refractivity contribution in [1.29, 1.82) is 0 Å². The van der Waals surface area contributed by atoms with Gasteiger partial charge in [0.15, 0.2) is 17.3 Å². The van der Waals surface area contributed by atoms with Crippen molar-refractivity contribution in [1.82, 2.24) is 19.3 Å². The maximum Gasteiger partial charge on any atom is 0.180 e. The molecule has 2 aromatic rings. The van der Waals surface area contributed by atoms with E-state index in [1.807, 2.05) is 16.8 Å². The van der Waals surface area contributed by atoms with Crippen LogP contribution in [0, 0.1) is 0 Å². The molecule has 4 N–H and O–H groups in total. The SMILES string of the molecule is CN1CCC(Nc2nc(NN)cn3ccnc23)CC1. The van der Waals surface area contributed by atoms with Crippen LogP contribution in [-0.2, 0) is 0 Å². The molecule has 0 amide bonds. The number of imidazole rings is 1. The van der Waals surface area contributed by atoms with E-state index >= 15 is 0 Å². The number of fused-ring (bicyclic) bond motifs is 1. The predicted octanol–water partition coefficient (Wildman–Crippen LogP) is 0.521. The highest BCUT2D eigenvalue weighted by molar-refractivity contribution is 5.65. The molecular weight excluding hydrogens is 242 g/mol. The van der Waals surface area contributed by atoms with E-state index in [-0.39, 0.29) is 0 Å². The first kappa shape index (κ1) is 12.2. The molecule has 3 heterocycles. The zero-order chi connectivity index (χ0) is 13.2. The van der Waals surface area contributed by atoms with Gasteiger partial charge in [0.25, 0.3) is 0 Å². The van der Waals surface area contributed by atoms with Crippen LogP contribution >= 0.6 is 0 Å². The summed E-state index contributed by atoms with van der Waals surface area (Å²) in [6.07, 6.45) is 7.70. The van der Waals surface area contributed by atoms with Gasteiger partial charge in [-0.05, 0) is 33.0 Å². The first-order chi connectivity index (χ1) is 9.26. The van der Waals surface area contributed by atoms with Crippen molar-refractivity contribution in [3.05, 3.63) is 18.6 Å². The van der Waals surface area contributed by atoms with E-state index in [0.717, 1.165) is 37.4 Å². The predicted molar refractivity (Wildman–Crippen MR) is 74.9 cm³/mol. The lowest BCUT2D eigenvalue weighted by Gasteiger charge is -2.29. The minimum atomic E-state index is 0.442. The van der Waals surface area contributed by atoms with Crippen molar-refractivity contribution >= 4 is 17.3 Å². The van der Waals surface area contributed by atoms with E-state index in [0.29, 0.717) is 11.9 Å². The Kier molecular flexibility index (Phi) is 3.22. The molecule has 0 bridgehead atoms. The normalized spacial score (nSPS) is 17.8. The van der Waals surface area contributed by atoms with Crippen molar-refractivity contribution in [2.24, 2.45) is 5.84 Å². The molecule has 0 unspecified atom stereocenters. The van der Waals surface area contributed by atoms with E-state index < -0.39 is 0 Å². The van der Waals surface area contributed by atoms with Crippen LogP contribution in [0.4, 0.5) is 11.6 Å². The second-order valence-electron chi connectivity index (χ2n) is 5.00. The number of aromatic nitrogens is 3. The number of piperidine rings is 1. The van der Waals surface area contributed by atoms with E-state index in [2.05, 4.69) is 32.7 Å². The zero-order valence-corrected chi connectivity index (χ0v) is 11.0. The molecule has 0 atom stereocenters. The van der Waals surface area contributed by atoms with Crippen LogP contribution in [0.25, 0.3) is 5.65 Å². The first-order valence-electron chi connectivity index (χ1n) is 6.51. The fraction of sp³-hybridized carbons (Fsp3) is 0.500. The molecule has 0 aromatic carbocycles. The smallest absolute Gasteiger partial charge is 0.180 e. The van der Waals surface area contributed by atoms with Crippen molar-refractivity contribution < 1.29 is 0 Å². The molecule has 0 radical (unpaired) electrons. The van der Waals surface area contributed by atoms with Crippen molar-refractivity contribution in [2.75, 3.05) is 30.9 Å². The number of hydrazine groups is 1. The maximum absolute atomic E-state index is 5.45. The summed E-state index contributed by atoms with van der Waals surface area (Å²) >= 11 is 0. The summed E-state index contributed by atoms with van der Waals surface area (Å²) in [6.45, 7) is 2.22. The number of nitrogens with one attached hydrogen (secondary N) is 2. The zero-order valence-electron chi connectivity index (χ0n) is 11.0. The quantitative estimate of drug-likeness (QED) is 0.552. The lowest BCUT2D eigenvalue weighted by atomic mass is 10.1. The van der Waals surface area contributed by atoms with E-state index in [9.17, 15) is 0 Å². The van der Waals surface area contributed by atoms with Gasteiger partial charge >= 0.3 is 0 Å². The minimum absolute atomic E-state index is 0.442. The summed E-state index contributed by atoms with van der Waals surface area (Å²) in [7, 11) is 2.15. The van der Waals surface area contributed by atoms with Crippen molar-refractivity contribution in [3.8, 4) is 0 Å². The third-order valence-electron chi connectivity index (χ3n) is 3.58. The topological polar surface area (TPSA) is 83.5 Å². The second kappa shape index (κ2) is 5.02. The Hall–Kier alpha value is -1.86. The third-order valence-corrected chi connectivity index (χ3v) is 3.58. The van der Waals surface area contributed by atoms with Crippen LogP contribution in [0.2, 0.25) is 0 Å². The molecule has 0 aliphatic carbocycles. The molecule has 19 heavy (non-hydrogen) atoms. The number of nitrogen functional groups attached to an aromatic ring is 1. The molecule has 0 saturated carbocycles. The number of nitrogens with zero attached hydrogens (tertiary/aromatic N) is 4. The Bertz CT molecular complexity index is 556. The van der Waals surface area contributed by atoms with Gasteiger partial charge in [-0.2, -0.15) is 0 Å². The number of anilines is 2. The number of hydrogen-bond acceptors (Lipinski definition) is 6. The Morgan fingerprint density at radius 1 is 1.37 bits per heavy atom. The van der Waals surface area contributed by atoms with Crippen LogP contribution in [0.3, 0.4) is 0 Å². The van der Waals surface area contributed by atoms with E-state index in [1.54, 1.807) is 6.20 Å². The molecule has 7 nitrogen and oxygen atoms in total. The van der Waals surface area contributed by atoms with Crippen LogP contribution in [-0.4, -0.2) is 45.4 Å². The van der Waals surface area contributed by atoms with Crippen molar-refractivity contribution in [2.45, 2.75) is 18.9 Å². The summed E-state index contributed by atoms with van der Waals surface area (Å²) in [5, 5.41) is 3.49. The fourth-order valence-corrected chi connectivity index (χ4v) is 2.44. The van der Waals surface area contributed by atoms with E-state index in [1.165, 1.54) is 0 Å². The molecule has 0 spiro atoms. The monoisotopic (exact) mass is 261 g/mol. The Balaban J connectivity index is 1.85. The standard InChI is InChI=1S/C12H19N7/c1-18-5-2-9(3-6-18)15-11-12-14-4-7-19(12)8-10(16-11)17-13/h4,7-9,17H,2-3,5-6,13H2,1H3,(H,15,16). The van der Waals surface area contributed by atoms with E-state index in [4.69, 9.17) is 5.84 Å². The van der Waals surface area contributed by atoms with Gasteiger partial charge in [0.05, 0.1) is 6.20 Å². The Labute approximate surface area is 111 Å². The molecule has 1 saturated heterocycles. The highest BCUT2D eigenvalue weighted by Gasteiger charge is 2.18. The van der Waals surface area contributed by atoms with Gasteiger partial charge in [-0.15, -0.1) is 0 Å². The summed E-state index contributed by atoms with van der Waals surface area (Å²) in [5.74, 6) is 6.86. The molecule has 3 rings (SSSR count). The lowest BCUT2D eigenvalue weighted by Crippen LogP contribution is -2.37.